The number of nitrogens with two attached hydrogens (primary N) is 1. The molecule has 0 aliphatic carbocycles. The van der Waals surface area contributed by atoms with E-state index in [-0.39, 0.29) is 18.4 Å². The van der Waals surface area contributed by atoms with Crippen LogP contribution in [0.4, 0.5) is 0 Å². The van der Waals surface area contributed by atoms with Crippen molar-refractivity contribution in [2.75, 3.05) is 0 Å². The summed E-state index contributed by atoms with van der Waals surface area (Å²) < 4.78 is 0. The fourth-order valence-electron chi connectivity index (χ4n) is 2.19. The first-order chi connectivity index (χ1) is 10.1. The van der Waals surface area contributed by atoms with E-state index < -0.39 is 5.91 Å². The Hall–Kier alpha value is -2.62. The second-order valence-electron chi connectivity index (χ2n) is 4.86. The minimum atomic E-state index is -0.626. The quantitative estimate of drug-likeness (QED) is 0.795. The van der Waals surface area contributed by atoms with Crippen molar-refractivity contribution in [3.63, 3.8) is 0 Å². The molecule has 0 fully saturated rings. The number of hydrogen-bond acceptors (Lipinski definition) is 2. The number of nitrogens with one attached hydrogen (secondary N) is 1. The summed E-state index contributed by atoms with van der Waals surface area (Å²) in [6.45, 7) is 0. The van der Waals surface area contributed by atoms with Crippen molar-refractivity contribution in [3.8, 4) is 0 Å². The topological polar surface area (TPSA) is 72.2 Å². The van der Waals surface area contributed by atoms with Crippen molar-refractivity contribution < 1.29 is 9.59 Å². The Morgan fingerprint density at radius 2 is 1.52 bits per heavy atom. The SMILES string of the molecule is NC(=O)CC(=O)N[C@@H](Cc1ccccc1)c1ccccc1. The highest BCUT2D eigenvalue weighted by Crippen LogP contribution is 2.18. The van der Waals surface area contributed by atoms with Gasteiger partial charge in [-0.1, -0.05) is 60.7 Å². The molecular weight excluding hydrogens is 264 g/mol. The molecular formula is C17H18N2O2. The van der Waals surface area contributed by atoms with Gasteiger partial charge in [0.05, 0.1) is 6.04 Å². The molecule has 2 amide bonds. The zero-order chi connectivity index (χ0) is 15.1. The predicted octanol–water partition coefficient (Wildman–Crippen LogP) is 1.96. The molecule has 0 saturated heterocycles. The van der Waals surface area contributed by atoms with E-state index >= 15 is 0 Å². The minimum Gasteiger partial charge on any atom is -0.369 e. The molecule has 2 rings (SSSR count). The summed E-state index contributed by atoms with van der Waals surface area (Å²) in [4.78, 5) is 22.7. The van der Waals surface area contributed by atoms with Gasteiger partial charge in [0.15, 0.2) is 0 Å². The molecule has 0 bridgehead atoms. The molecule has 0 aromatic heterocycles. The lowest BCUT2D eigenvalue weighted by Crippen LogP contribution is -2.33. The van der Waals surface area contributed by atoms with Crippen molar-refractivity contribution in [2.24, 2.45) is 5.73 Å². The molecule has 1 atom stereocenters. The van der Waals surface area contributed by atoms with E-state index in [0.717, 1.165) is 11.1 Å². The highest BCUT2D eigenvalue weighted by Gasteiger charge is 2.16. The molecule has 3 N–H and O–H groups in total. The second kappa shape index (κ2) is 7.24. The van der Waals surface area contributed by atoms with Crippen molar-refractivity contribution in [1.29, 1.82) is 0 Å². The molecule has 0 heterocycles. The molecule has 2 aromatic rings. The van der Waals surface area contributed by atoms with Crippen molar-refractivity contribution in [1.82, 2.24) is 5.32 Å². The first-order valence-corrected chi connectivity index (χ1v) is 6.81. The average molecular weight is 282 g/mol. The third kappa shape index (κ3) is 4.76. The van der Waals surface area contributed by atoms with Gasteiger partial charge in [0.2, 0.25) is 11.8 Å². The molecule has 2 aromatic carbocycles. The Kier molecular flexibility index (Phi) is 5.10. The Morgan fingerprint density at radius 1 is 0.952 bits per heavy atom. The zero-order valence-corrected chi connectivity index (χ0v) is 11.7. The highest BCUT2D eigenvalue weighted by atomic mass is 16.2. The summed E-state index contributed by atoms with van der Waals surface area (Å²) in [6, 6.07) is 19.4. The normalized spacial score (nSPS) is 11.6. The Labute approximate surface area is 124 Å². The van der Waals surface area contributed by atoms with Crippen molar-refractivity contribution in [2.45, 2.75) is 18.9 Å². The van der Waals surface area contributed by atoms with Crippen LogP contribution in [0.15, 0.2) is 60.7 Å². The first kappa shape index (κ1) is 14.8. The third-order valence-corrected chi connectivity index (χ3v) is 3.15. The van der Waals surface area contributed by atoms with Gasteiger partial charge in [-0.2, -0.15) is 0 Å². The lowest BCUT2D eigenvalue weighted by Gasteiger charge is -2.19. The average Bonchev–Trinajstić information content (AvgIpc) is 2.48. The summed E-state index contributed by atoms with van der Waals surface area (Å²) in [5.41, 5.74) is 7.18. The van der Waals surface area contributed by atoms with Crippen molar-refractivity contribution >= 4 is 11.8 Å². The van der Waals surface area contributed by atoms with Gasteiger partial charge in [-0.05, 0) is 17.5 Å². The fourth-order valence-corrected chi connectivity index (χ4v) is 2.19. The van der Waals surface area contributed by atoms with E-state index in [0.29, 0.717) is 6.42 Å². The number of carbonyl (C=O) groups is 2. The second-order valence-corrected chi connectivity index (χ2v) is 4.86. The molecule has 21 heavy (non-hydrogen) atoms. The van der Waals surface area contributed by atoms with Crippen LogP contribution >= 0.6 is 0 Å². The summed E-state index contributed by atoms with van der Waals surface area (Å²) in [6.07, 6.45) is 0.369. The molecule has 4 nitrogen and oxygen atoms in total. The standard InChI is InChI=1S/C17H18N2O2/c18-16(20)12-17(21)19-15(14-9-5-2-6-10-14)11-13-7-3-1-4-8-13/h1-10,15H,11-12H2,(H2,18,20)(H,19,21)/t15-/m0/s1. The van der Waals surface area contributed by atoms with Crippen LogP contribution in [0.1, 0.15) is 23.6 Å². The zero-order valence-electron chi connectivity index (χ0n) is 11.7. The lowest BCUT2D eigenvalue weighted by atomic mass is 9.98. The maximum absolute atomic E-state index is 11.8. The molecule has 108 valence electrons. The van der Waals surface area contributed by atoms with Crippen LogP contribution in [0.2, 0.25) is 0 Å². The van der Waals surface area contributed by atoms with E-state index in [1.807, 2.05) is 60.7 Å². The number of hydrogen-bond donors (Lipinski definition) is 2. The Bertz CT molecular complexity index is 597. The molecule has 0 spiro atoms. The van der Waals surface area contributed by atoms with Crippen LogP contribution in [-0.4, -0.2) is 11.8 Å². The molecule has 0 unspecified atom stereocenters. The number of amides is 2. The number of carbonyl (C=O) groups excluding carboxylic acids is 2. The van der Waals surface area contributed by atoms with E-state index in [1.165, 1.54) is 0 Å². The molecule has 0 aliphatic rings. The van der Waals surface area contributed by atoms with E-state index in [4.69, 9.17) is 5.73 Å². The van der Waals surface area contributed by atoms with E-state index in [2.05, 4.69) is 5.32 Å². The van der Waals surface area contributed by atoms with Crippen LogP contribution < -0.4 is 11.1 Å². The van der Waals surface area contributed by atoms with E-state index in [9.17, 15) is 9.59 Å². The third-order valence-electron chi connectivity index (χ3n) is 3.15. The first-order valence-electron chi connectivity index (χ1n) is 6.81. The smallest absolute Gasteiger partial charge is 0.229 e. The van der Waals surface area contributed by atoms with E-state index in [1.54, 1.807) is 0 Å². The number of rotatable bonds is 6. The van der Waals surface area contributed by atoms with Crippen LogP contribution in [0, 0.1) is 0 Å². The highest BCUT2D eigenvalue weighted by molar-refractivity contribution is 5.96. The molecule has 0 radical (unpaired) electrons. The van der Waals surface area contributed by atoms with Gasteiger partial charge in [-0.25, -0.2) is 0 Å². The van der Waals surface area contributed by atoms with Gasteiger partial charge in [-0.3, -0.25) is 9.59 Å². The Balaban J connectivity index is 2.15. The maximum atomic E-state index is 11.8. The van der Waals surface area contributed by atoms with Crippen LogP contribution in [0.3, 0.4) is 0 Å². The van der Waals surface area contributed by atoms with Gasteiger partial charge in [-0.15, -0.1) is 0 Å². The monoisotopic (exact) mass is 282 g/mol. The summed E-state index contributed by atoms with van der Waals surface area (Å²) in [5, 5.41) is 2.87. The number of primary amides is 1. The van der Waals surface area contributed by atoms with Crippen molar-refractivity contribution in [3.05, 3.63) is 71.8 Å². The van der Waals surface area contributed by atoms with Gasteiger partial charge < -0.3 is 11.1 Å². The lowest BCUT2D eigenvalue weighted by molar-refractivity contribution is -0.128. The fraction of sp³-hybridized carbons (Fsp3) is 0.176. The Morgan fingerprint density at radius 3 is 2.10 bits per heavy atom. The van der Waals surface area contributed by atoms with Crippen LogP contribution in [0.5, 0.6) is 0 Å². The largest absolute Gasteiger partial charge is 0.369 e. The van der Waals surface area contributed by atoms with Crippen LogP contribution in [0.25, 0.3) is 0 Å². The molecule has 4 heteroatoms. The summed E-state index contributed by atoms with van der Waals surface area (Å²) >= 11 is 0. The molecule has 0 aliphatic heterocycles. The summed E-state index contributed by atoms with van der Waals surface area (Å²) in [7, 11) is 0. The number of benzene rings is 2. The van der Waals surface area contributed by atoms with Gasteiger partial charge in [0.1, 0.15) is 6.42 Å². The van der Waals surface area contributed by atoms with Gasteiger partial charge >= 0.3 is 0 Å². The maximum Gasteiger partial charge on any atom is 0.229 e. The summed E-state index contributed by atoms with van der Waals surface area (Å²) in [5.74, 6) is -0.980. The van der Waals surface area contributed by atoms with Gasteiger partial charge in [0, 0.05) is 0 Å². The van der Waals surface area contributed by atoms with Crippen LogP contribution in [-0.2, 0) is 16.0 Å². The predicted molar refractivity (Wildman–Crippen MR) is 81.3 cm³/mol. The molecule has 0 saturated carbocycles. The minimum absolute atomic E-state index is 0.180. The van der Waals surface area contributed by atoms with Gasteiger partial charge in [0.25, 0.3) is 0 Å².